The molecule has 0 aliphatic rings. The van der Waals surface area contributed by atoms with E-state index in [0.717, 1.165) is 6.20 Å². The summed E-state index contributed by atoms with van der Waals surface area (Å²) >= 11 is 0. The number of pyridine rings is 1. The number of nitrogens with one attached hydrogen (secondary N) is 1. The Morgan fingerprint density at radius 2 is 2.10 bits per heavy atom. The number of amides is 1. The second-order valence-electron chi connectivity index (χ2n) is 4.26. The van der Waals surface area contributed by atoms with Crippen molar-refractivity contribution in [2.75, 3.05) is 11.9 Å². The normalized spacial score (nSPS) is 9.95. The van der Waals surface area contributed by atoms with Crippen LogP contribution in [0.1, 0.15) is 5.56 Å². The maximum atomic E-state index is 11.7. The number of aromatic nitrogens is 1. The molecule has 0 fully saturated rings. The molecule has 2 aromatic rings. The highest BCUT2D eigenvalue weighted by Crippen LogP contribution is 2.18. The number of rotatable bonds is 5. The van der Waals surface area contributed by atoms with Gasteiger partial charge in [-0.05, 0) is 25.1 Å². The van der Waals surface area contributed by atoms with Crippen LogP contribution in [0.25, 0.3) is 0 Å². The summed E-state index contributed by atoms with van der Waals surface area (Å²) in [6, 6.07) is 10.4. The molecule has 1 aromatic heterocycles. The second-order valence-corrected chi connectivity index (χ2v) is 4.26. The zero-order chi connectivity index (χ0) is 15.2. The summed E-state index contributed by atoms with van der Waals surface area (Å²) in [5.41, 5.74) is 0.336. The first-order valence-corrected chi connectivity index (χ1v) is 6.15. The van der Waals surface area contributed by atoms with Gasteiger partial charge in [0.15, 0.2) is 6.61 Å². The molecular weight excluding hydrogens is 274 g/mol. The Labute approximate surface area is 120 Å². The van der Waals surface area contributed by atoms with Crippen LogP contribution in [-0.4, -0.2) is 22.4 Å². The lowest BCUT2D eigenvalue weighted by Crippen LogP contribution is -2.20. The molecule has 1 amide bonds. The molecule has 0 unspecified atom stereocenters. The van der Waals surface area contributed by atoms with Crippen molar-refractivity contribution >= 4 is 17.4 Å². The highest BCUT2D eigenvalue weighted by molar-refractivity contribution is 5.91. The fourth-order valence-electron chi connectivity index (χ4n) is 1.65. The summed E-state index contributed by atoms with van der Waals surface area (Å²) in [7, 11) is 0. The van der Waals surface area contributed by atoms with Gasteiger partial charge in [-0.15, -0.1) is 0 Å². The van der Waals surface area contributed by atoms with Crippen LogP contribution in [0.5, 0.6) is 5.75 Å². The van der Waals surface area contributed by atoms with Gasteiger partial charge in [0.05, 0.1) is 4.92 Å². The van der Waals surface area contributed by atoms with Crippen molar-refractivity contribution in [1.29, 1.82) is 0 Å². The van der Waals surface area contributed by atoms with Crippen LogP contribution in [0.2, 0.25) is 0 Å². The minimum absolute atomic E-state index is 0.0893. The Kier molecular flexibility index (Phi) is 4.45. The van der Waals surface area contributed by atoms with Gasteiger partial charge in [0.2, 0.25) is 0 Å². The SMILES string of the molecule is Cc1cc(NC(=O)COc2ccccc2)ncc1[N+](=O)[O-]. The monoisotopic (exact) mass is 287 g/mol. The largest absolute Gasteiger partial charge is 0.484 e. The number of hydrogen-bond acceptors (Lipinski definition) is 5. The number of anilines is 1. The third kappa shape index (κ3) is 4.00. The van der Waals surface area contributed by atoms with Gasteiger partial charge in [-0.1, -0.05) is 18.2 Å². The van der Waals surface area contributed by atoms with E-state index < -0.39 is 4.92 Å². The van der Waals surface area contributed by atoms with Crippen molar-refractivity contribution < 1.29 is 14.5 Å². The Bertz CT molecular complexity index is 659. The second kappa shape index (κ2) is 6.47. The van der Waals surface area contributed by atoms with Crippen LogP contribution in [0, 0.1) is 17.0 Å². The molecule has 0 radical (unpaired) electrons. The zero-order valence-electron chi connectivity index (χ0n) is 11.3. The van der Waals surface area contributed by atoms with Crippen LogP contribution < -0.4 is 10.1 Å². The van der Waals surface area contributed by atoms with E-state index in [4.69, 9.17) is 4.74 Å². The minimum atomic E-state index is -0.521. The summed E-state index contributed by atoms with van der Waals surface area (Å²) in [6.07, 6.45) is 1.11. The van der Waals surface area contributed by atoms with E-state index in [-0.39, 0.29) is 24.0 Å². The Morgan fingerprint density at radius 3 is 2.71 bits per heavy atom. The number of para-hydroxylation sites is 1. The molecule has 0 atom stereocenters. The first-order valence-electron chi connectivity index (χ1n) is 6.15. The van der Waals surface area contributed by atoms with E-state index >= 15 is 0 Å². The number of benzene rings is 1. The lowest BCUT2D eigenvalue weighted by molar-refractivity contribution is -0.385. The minimum Gasteiger partial charge on any atom is -0.484 e. The number of nitro groups is 1. The van der Waals surface area contributed by atoms with E-state index in [1.54, 1.807) is 31.2 Å². The lowest BCUT2D eigenvalue weighted by atomic mass is 10.2. The summed E-state index contributed by atoms with van der Waals surface area (Å²) in [4.78, 5) is 25.7. The molecule has 108 valence electrons. The topological polar surface area (TPSA) is 94.4 Å². The number of aryl methyl sites for hydroxylation is 1. The molecule has 7 nitrogen and oxygen atoms in total. The van der Waals surface area contributed by atoms with E-state index in [0.29, 0.717) is 11.3 Å². The summed E-state index contributed by atoms with van der Waals surface area (Å²) < 4.78 is 5.28. The molecule has 2 rings (SSSR count). The first kappa shape index (κ1) is 14.4. The summed E-state index contributed by atoms with van der Waals surface area (Å²) in [5, 5.41) is 13.2. The predicted molar refractivity (Wildman–Crippen MR) is 76.2 cm³/mol. The number of carbonyl (C=O) groups excluding carboxylic acids is 1. The fraction of sp³-hybridized carbons (Fsp3) is 0.143. The third-order valence-corrected chi connectivity index (χ3v) is 2.66. The number of nitrogens with zero attached hydrogens (tertiary/aromatic N) is 2. The van der Waals surface area contributed by atoms with Gasteiger partial charge < -0.3 is 10.1 Å². The molecule has 1 N–H and O–H groups in total. The highest BCUT2D eigenvalue weighted by Gasteiger charge is 2.12. The smallest absolute Gasteiger partial charge is 0.290 e. The van der Waals surface area contributed by atoms with Crippen molar-refractivity contribution in [3.63, 3.8) is 0 Å². The Hall–Kier alpha value is -2.96. The molecule has 0 bridgehead atoms. The standard InChI is InChI=1S/C14H13N3O4/c1-10-7-13(15-8-12(10)17(19)20)16-14(18)9-21-11-5-3-2-4-6-11/h2-8H,9H2,1H3,(H,15,16,18). The van der Waals surface area contributed by atoms with Crippen LogP contribution in [0.3, 0.4) is 0 Å². The van der Waals surface area contributed by atoms with Crippen molar-refractivity contribution in [3.8, 4) is 5.75 Å². The van der Waals surface area contributed by atoms with Gasteiger partial charge in [-0.2, -0.15) is 0 Å². The van der Waals surface area contributed by atoms with Gasteiger partial charge in [0.25, 0.3) is 11.6 Å². The Morgan fingerprint density at radius 1 is 1.38 bits per heavy atom. The average Bonchev–Trinajstić information content (AvgIpc) is 2.46. The van der Waals surface area contributed by atoms with Gasteiger partial charge in [-0.25, -0.2) is 4.98 Å². The number of carbonyl (C=O) groups is 1. The van der Waals surface area contributed by atoms with Gasteiger partial charge in [0.1, 0.15) is 17.8 Å². The molecule has 1 aromatic carbocycles. The van der Waals surface area contributed by atoms with Gasteiger partial charge in [-0.3, -0.25) is 14.9 Å². The van der Waals surface area contributed by atoms with Crippen molar-refractivity contribution in [1.82, 2.24) is 4.98 Å². The van der Waals surface area contributed by atoms with E-state index in [9.17, 15) is 14.9 Å². The molecule has 1 heterocycles. The number of ether oxygens (including phenoxy) is 1. The van der Waals surface area contributed by atoms with E-state index in [1.807, 2.05) is 6.07 Å². The zero-order valence-corrected chi connectivity index (χ0v) is 11.3. The van der Waals surface area contributed by atoms with Gasteiger partial charge in [0, 0.05) is 5.56 Å². The molecule has 21 heavy (non-hydrogen) atoms. The molecule has 0 aliphatic carbocycles. The molecule has 7 heteroatoms. The van der Waals surface area contributed by atoms with Crippen molar-refractivity contribution in [3.05, 3.63) is 58.3 Å². The van der Waals surface area contributed by atoms with Gasteiger partial charge >= 0.3 is 0 Å². The average molecular weight is 287 g/mol. The highest BCUT2D eigenvalue weighted by atomic mass is 16.6. The van der Waals surface area contributed by atoms with E-state index in [2.05, 4.69) is 10.3 Å². The Balaban J connectivity index is 1.94. The molecular formula is C14H13N3O4. The van der Waals surface area contributed by atoms with Crippen molar-refractivity contribution in [2.45, 2.75) is 6.92 Å². The van der Waals surface area contributed by atoms with E-state index in [1.165, 1.54) is 6.07 Å². The molecule has 0 saturated carbocycles. The van der Waals surface area contributed by atoms with Crippen LogP contribution in [-0.2, 0) is 4.79 Å². The summed E-state index contributed by atoms with van der Waals surface area (Å²) in [5.74, 6) is 0.444. The first-order chi connectivity index (χ1) is 10.1. The molecule has 0 aliphatic heterocycles. The quantitative estimate of drug-likeness (QED) is 0.672. The maximum Gasteiger partial charge on any atom is 0.290 e. The summed E-state index contributed by atoms with van der Waals surface area (Å²) in [6.45, 7) is 1.41. The number of hydrogen-bond donors (Lipinski definition) is 1. The van der Waals surface area contributed by atoms with Crippen molar-refractivity contribution in [2.24, 2.45) is 0 Å². The third-order valence-electron chi connectivity index (χ3n) is 2.66. The lowest BCUT2D eigenvalue weighted by Gasteiger charge is -2.07. The molecule has 0 saturated heterocycles. The van der Waals surface area contributed by atoms with Crippen LogP contribution in [0.4, 0.5) is 11.5 Å². The fourth-order valence-corrected chi connectivity index (χ4v) is 1.65. The predicted octanol–water partition coefficient (Wildman–Crippen LogP) is 2.32. The molecule has 0 spiro atoms. The maximum absolute atomic E-state index is 11.7. The van der Waals surface area contributed by atoms with Crippen LogP contribution in [0.15, 0.2) is 42.6 Å². The van der Waals surface area contributed by atoms with Crippen LogP contribution >= 0.6 is 0 Å².